The zero-order chi connectivity index (χ0) is 26.2. The molecule has 0 spiro atoms. The molecule has 0 aliphatic carbocycles. The number of aryl methyl sites for hydroxylation is 3. The van der Waals surface area contributed by atoms with Crippen LogP contribution in [0.1, 0.15) is 27.8 Å². The molecule has 37 heavy (non-hydrogen) atoms. The number of benzene rings is 3. The minimum atomic E-state index is -0.906. The van der Waals surface area contributed by atoms with Crippen LogP contribution in [0.4, 0.5) is 0 Å². The summed E-state index contributed by atoms with van der Waals surface area (Å²) in [6, 6.07) is 21.6. The molecule has 3 aromatic rings. The molecule has 1 aliphatic rings. The summed E-state index contributed by atoms with van der Waals surface area (Å²) in [5.74, 6) is -0.263. The second-order valence-corrected chi connectivity index (χ2v) is 9.18. The maximum Gasteiger partial charge on any atom is 0.323 e. The summed E-state index contributed by atoms with van der Waals surface area (Å²) in [4.78, 5) is 13.6. The van der Waals surface area contributed by atoms with Gasteiger partial charge in [-0.15, -0.1) is 0 Å². The van der Waals surface area contributed by atoms with Gasteiger partial charge in [-0.3, -0.25) is 9.69 Å². The second kappa shape index (κ2) is 12.5. The number of nitriles is 1. The van der Waals surface area contributed by atoms with Crippen molar-refractivity contribution in [3.05, 3.63) is 88.5 Å². The summed E-state index contributed by atoms with van der Waals surface area (Å²) in [6.07, 6.45) is 1.40. The molecule has 7 nitrogen and oxygen atoms in total. The van der Waals surface area contributed by atoms with Crippen LogP contribution >= 0.6 is 0 Å². The summed E-state index contributed by atoms with van der Waals surface area (Å²) >= 11 is 0. The molecule has 7 heteroatoms. The maximum atomic E-state index is 11.7. The largest absolute Gasteiger partial charge is 0.491 e. The van der Waals surface area contributed by atoms with Crippen molar-refractivity contribution >= 4 is 5.97 Å². The number of hydrogen-bond acceptors (Lipinski definition) is 6. The molecule has 2 N–H and O–H groups in total. The third kappa shape index (κ3) is 6.36. The topological polar surface area (TPSA) is 103 Å². The van der Waals surface area contributed by atoms with Crippen LogP contribution in [0.25, 0.3) is 11.1 Å². The zero-order valence-corrected chi connectivity index (χ0v) is 21.0. The Morgan fingerprint density at radius 3 is 2.62 bits per heavy atom. The number of carboxylic acids is 1. The molecule has 1 atom stereocenters. The molecule has 0 saturated carbocycles. The molecule has 1 aliphatic heterocycles. The first-order chi connectivity index (χ1) is 18.0. The number of ether oxygens (including phenoxy) is 2. The smallest absolute Gasteiger partial charge is 0.323 e. The number of carboxylic acid groups (broad SMARTS) is 1. The van der Waals surface area contributed by atoms with E-state index in [1.54, 1.807) is 0 Å². The fraction of sp³-hybridized carbons (Fsp3) is 0.333. The standard InChI is InChI=1S/C30H32N2O5/c1-21-16-25(19-32-12-14-36-20-28(32)30(34)35)29(37-15-13-33)17-24(21)11-10-23-8-5-9-26(27(23)18-31)22-6-3-2-4-7-22/h2-9,16-17,28,33H,10-15,19-20H2,1H3,(H,34,35)/t28-/m0/s1. The molecule has 0 bridgehead atoms. The van der Waals surface area contributed by atoms with Crippen molar-refractivity contribution in [1.29, 1.82) is 5.26 Å². The number of hydrogen-bond donors (Lipinski definition) is 2. The average Bonchev–Trinajstić information content (AvgIpc) is 2.92. The summed E-state index contributed by atoms with van der Waals surface area (Å²) in [5.41, 5.74) is 6.66. The van der Waals surface area contributed by atoms with Crippen molar-refractivity contribution in [3.63, 3.8) is 0 Å². The minimum Gasteiger partial charge on any atom is -0.491 e. The van der Waals surface area contributed by atoms with Gasteiger partial charge in [0.2, 0.25) is 0 Å². The van der Waals surface area contributed by atoms with Crippen LogP contribution in [-0.4, -0.2) is 60.1 Å². The van der Waals surface area contributed by atoms with Crippen molar-refractivity contribution in [3.8, 4) is 22.9 Å². The van der Waals surface area contributed by atoms with Crippen LogP contribution in [0.15, 0.2) is 60.7 Å². The summed E-state index contributed by atoms with van der Waals surface area (Å²) < 4.78 is 11.3. The van der Waals surface area contributed by atoms with Crippen molar-refractivity contribution in [2.24, 2.45) is 0 Å². The van der Waals surface area contributed by atoms with E-state index in [9.17, 15) is 20.3 Å². The third-order valence-electron chi connectivity index (χ3n) is 6.78. The first kappa shape index (κ1) is 26.4. The Labute approximate surface area is 217 Å². The van der Waals surface area contributed by atoms with E-state index in [1.807, 2.05) is 72.5 Å². The van der Waals surface area contributed by atoms with Gasteiger partial charge in [-0.2, -0.15) is 5.26 Å². The van der Waals surface area contributed by atoms with E-state index >= 15 is 0 Å². The molecule has 3 aromatic carbocycles. The lowest BCUT2D eigenvalue weighted by atomic mass is 9.92. The molecule has 0 amide bonds. The van der Waals surface area contributed by atoms with Crippen LogP contribution in [0.5, 0.6) is 5.75 Å². The fourth-order valence-electron chi connectivity index (χ4n) is 4.81. The van der Waals surface area contributed by atoms with E-state index in [1.165, 1.54) is 0 Å². The maximum absolute atomic E-state index is 11.7. The Kier molecular flexibility index (Phi) is 8.91. The SMILES string of the molecule is Cc1cc(CN2CCOC[C@H]2C(=O)O)c(OCCO)cc1CCc1cccc(-c2ccccc2)c1C#N. The predicted octanol–water partition coefficient (Wildman–Crippen LogP) is 3.98. The van der Waals surface area contributed by atoms with Gasteiger partial charge in [-0.25, -0.2) is 0 Å². The van der Waals surface area contributed by atoms with Gasteiger partial charge in [0, 0.05) is 18.7 Å². The van der Waals surface area contributed by atoms with Crippen LogP contribution in [-0.2, 0) is 28.9 Å². The number of morpholine rings is 1. The molecule has 192 valence electrons. The molecular weight excluding hydrogens is 468 g/mol. The van der Waals surface area contributed by atoms with Gasteiger partial charge in [0.25, 0.3) is 0 Å². The average molecular weight is 501 g/mol. The lowest BCUT2D eigenvalue weighted by molar-refractivity contribution is -0.150. The predicted molar refractivity (Wildman–Crippen MR) is 140 cm³/mol. The van der Waals surface area contributed by atoms with E-state index in [4.69, 9.17) is 9.47 Å². The lowest BCUT2D eigenvalue weighted by Crippen LogP contribution is -2.49. The second-order valence-electron chi connectivity index (χ2n) is 9.18. The monoisotopic (exact) mass is 500 g/mol. The van der Waals surface area contributed by atoms with Crippen molar-refractivity contribution in [2.45, 2.75) is 32.4 Å². The molecule has 1 fully saturated rings. The quantitative estimate of drug-likeness (QED) is 0.434. The van der Waals surface area contributed by atoms with Gasteiger partial charge in [-0.05, 0) is 53.6 Å². The van der Waals surface area contributed by atoms with Gasteiger partial charge < -0.3 is 19.7 Å². The first-order valence-corrected chi connectivity index (χ1v) is 12.5. The minimum absolute atomic E-state index is 0.115. The van der Waals surface area contributed by atoms with Gasteiger partial charge in [0.15, 0.2) is 0 Å². The van der Waals surface area contributed by atoms with Crippen LogP contribution < -0.4 is 4.74 Å². The highest BCUT2D eigenvalue weighted by Crippen LogP contribution is 2.30. The van der Waals surface area contributed by atoms with Gasteiger partial charge in [0.05, 0.1) is 25.4 Å². The highest BCUT2D eigenvalue weighted by Gasteiger charge is 2.30. The van der Waals surface area contributed by atoms with Crippen molar-refractivity contribution in [1.82, 2.24) is 4.90 Å². The highest BCUT2D eigenvalue weighted by molar-refractivity contribution is 5.74. The van der Waals surface area contributed by atoms with Crippen LogP contribution in [0.2, 0.25) is 0 Å². The normalized spacial score (nSPS) is 15.8. The van der Waals surface area contributed by atoms with Crippen LogP contribution in [0.3, 0.4) is 0 Å². The van der Waals surface area contributed by atoms with E-state index < -0.39 is 12.0 Å². The molecule has 4 rings (SSSR count). The first-order valence-electron chi connectivity index (χ1n) is 12.5. The number of aliphatic hydroxyl groups excluding tert-OH is 1. The van der Waals surface area contributed by atoms with E-state index in [0.717, 1.165) is 33.4 Å². The van der Waals surface area contributed by atoms with Gasteiger partial charge in [-0.1, -0.05) is 54.6 Å². The van der Waals surface area contributed by atoms with Crippen molar-refractivity contribution in [2.75, 3.05) is 33.0 Å². The Balaban J connectivity index is 1.58. The van der Waals surface area contributed by atoms with Gasteiger partial charge in [0.1, 0.15) is 24.5 Å². The van der Waals surface area contributed by atoms with E-state index in [2.05, 4.69) is 6.07 Å². The Bertz CT molecular complexity index is 1270. The molecule has 1 heterocycles. The van der Waals surface area contributed by atoms with Crippen LogP contribution in [0, 0.1) is 18.3 Å². The van der Waals surface area contributed by atoms with E-state index in [-0.39, 0.29) is 19.8 Å². The number of aliphatic carboxylic acids is 1. The fourth-order valence-corrected chi connectivity index (χ4v) is 4.81. The third-order valence-corrected chi connectivity index (χ3v) is 6.78. The molecule has 0 unspecified atom stereocenters. The van der Waals surface area contributed by atoms with Gasteiger partial charge >= 0.3 is 5.97 Å². The highest BCUT2D eigenvalue weighted by atomic mass is 16.5. The molecule has 0 aromatic heterocycles. The summed E-state index contributed by atoms with van der Waals surface area (Å²) in [6.45, 7) is 3.65. The number of carbonyl (C=O) groups is 1. The lowest BCUT2D eigenvalue weighted by Gasteiger charge is -2.33. The molecule has 0 radical (unpaired) electrons. The number of rotatable bonds is 10. The number of aliphatic hydroxyl groups is 1. The van der Waals surface area contributed by atoms with E-state index in [0.29, 0.717) is 43.9 Å². The summed E-state index contributed by atoms with van der Waals surface area (Å²) in [5, 5.41) is 28.9. The van der Waals surface area contributed by atoms with Crippen molar-refractivity contribution < 1.29 is 24.5 Å². The Morgan fingerprint density at radius 1 is 1.11 bits per heavy atom. The Morgan fingerprint density at radius 2 is 1.89 bits per heavy atom. The Hall–Kier alpha value is -3.70. The molecular formula is C30H32N2O5. The zero-order valence-electron chi connectivity index (χ0n) is 21.0. The summed E-state index contributed by atoms with van der Waals surface area (Å²) in [7, 11) is 0. The molecule has 1 saturated heterocycles. The number of nitrogens with zero attached hydrogens (tertiary/aromatic N) is 2.